The number of ether oxygens (including phenoxy) is 2. The minimum absolute atomic E-state index is 0.326. The second-order valence-corrected chi connectivity index (χ2v) is 5.77. The van der Waals surface area contributed by atoms with E-state index in [1.807, 2.05) is 54.6 Å². The second-order valence-electron chi connectivity index (χ2n) is 5.77. The van der Waals surface area contributed by atoms with E-state index in [2.05, 4.69) is 5.32 Å². The van der Waals surface area contributed by atoms with Crippen LogP contribution in [0.25, 0.3) is 11.1 Å². The van der Waals surface area contributed by atoms with E-state index in [4.69, 9.17) is 9.47 Å². The molecule has 0 unspecified atom stereocenters. The van der Waals surface area contributed by atoms with Crippen LogP contribution in [0.3, 0.4) is 0 Å². The Morgan fingerprint density at radius 2 is 1.63 bits per heavy atom. The van der Waals surface area contributed by atoms with Crippen LogP contribution in [0.15, 0.2) is 78.9 Å². The lowest BCUT2D eigenvalue weighted by molar-refractivity contribution is -0.119. The van der Waals surface area contributed by atoms with E-state index in [1.165, 1.54) is 7.11 Å². The van der Waals surface area contributed by atoms with Crippen molar-refractivity contribution in [2.45, 2.75) is 0 Å². The highest BCUT2D eigenvalue weighted by atomic mass is 16.5. The molecule has 136 valence electrons. The van der Waals surface area contributed by atoms with E-state index < -0.39 is 11.9 Å². The third kappa shape index (κ3) is 4.73. The maximum atomic E-state index is 12.2. The van der Waals surface area contributed by atoms with Crippen molar-refractivity contribution in [1.29, 1.82) is 0 Å². The highest BCUT2D eigenvalue weighted by Gasteiger charge is 2.13. The predicted molar refractivity (Wildman–Crippen MR) is 104 cm³/mol. The highest BCUT2D eigenvalue weighted by Crippen LogP contribution is 2.27. The Kier molecular flexibility index (Phi) is 5.84. The highest BCUT2D eigenvalue weighted by molar-refractivity contribution is 5.98. The Balaban J connectivity index is 1.64. The standard InChI is InChI=1S/C22H19NO4/c1-26-18-11-7-10-17(14-18)22(25)27-15-21(24)23-20-13-6-5-12-19(20)16-8-3-2-4-9-16/h2-14H,15H2,1H3,(H,23,24). The zero-order valence-corrected chi connectivity index (χ0v) is 14.8. The fourth-order valence-corrected chi connectivity index (χ4v) is 2.61. The number of carbonyl (C=O) groups excluding carboxylic acids is 2. The molecule has 0 aromatic heterocycles. The molecule has 0 radical (unpaired) electrons. The molecule has 0 atom stereocenters. The molecule has 1 N–H and O–H groups in total. The molecule has 5 nitrogen and oxygen atoms in total. The van der Waals surface area contributed by atoms with Gasteiger partial charge in [0.1, 0.15) is 5.75 Å². The topological polar surface area (TPSA) is 64.6 Å². The molecular weight excluding hydrogens is 342 g/mol. The Hall–Kier alpha value is -3.60. The fourth-order valence-electron chi connectivity index (χ4n) is 2.61. The van der Waals surface area contributed by atoms with Crippen LogP contribution in [0.5, 0.6) is 5.75 Å². The van der Waals surface area contributed by atoms with Crippen molar-refractivity contribution in [2.24, 2.45) is 0 Å². The predicted octanol–water partition coefficient (Wildman–Crippen LogP) is 4.16. The van der Waals surface area contributed by atoms with Gasteiger partial charge in [0, 0.05) is 11.3 Å². The summed E-state index contributed by atoms with van der Waals surface area (Å²) in [5.74, 6) is -0.444. The zero-order valence-electron chi connectivity index (χ0n) is 14.8. The summed E-state index contributed by atoms with van der Waals surface area (Å²) in [6.45, 7) is -0.376. The number of rotatable bonds is 6. The Bertz CT molecular complexity index is 938. The third-order valence-corrected chi connectivity index (χ3v) is 3.93. The lowest BCUT2D eigenvalue weighted by atomic mass is 10.0. The quantitative estimate of drug-likeness (QED) is 0.670. The van der Waals surface area contributed by atoms with Crippen LogP contribution in [0.1, 0.15) is 10.4 Å². The van der Waals surface area contributed by atoms with Crippen LogP contribution in [0.2, 0.25) is 0 Å². The van der Waals surface area contributed by atoms with Crippen LogP contribution in [0.4, 0.5) is 5.69 Å². The summed E-state index contributed by atoms with van der Waals surface area (Å²) in [5, 5.41) is 2.80. The number of amides is 1. The summed E-state index contributed by atoms with van der Waals surface area (Å²) in [7, 11) is 1.52. The number of methoxy groups -OCH3 is 1. The van der Waals surface area contributed by atoms with Gasteiger partial charge in [0.05, 0.1) is 12.7 Å². The van der Waals surface area contributed by atoms with Crippen molar-refractivity contribution < 1.29 is 19.1 Å². The van der Waals surface area contributed by atoms with Gasteiger partial charge in [0.25, 0.3) is 5.91 Å². The molecule has 0 bridgehead atoms. The zero-order chi connectivity index (χ0) is 19.1. The fraction of sp³-hybridized carbons (Fsp3) is 0.0909. The summed E-state index contributed by atoms with van der Waals surface area (Å²) < 4.78 is 10.2. The Morgan fingerprint density at radius 1 is 0.889 bits per heavy atom. The van der Waals surface area contributed by atoms with Crippen LogP contribution >= 0.6 is 0 Å². The van der Waals surface area contributed by atoms with Gasteiger partial charge in [-0.05, 0) is 29.8 Å². The Labute approximate surface area is 157 Å². The molecule has 0 fully saturated rings. The lowest BCUT2D eigenvalue weighted by Gasteiger charge is -2.11. The molecule has 0 aliphatic rings. The molecule has 3 aromatic carbocycles. The van der Waals surface area contributed by atoms with Crippen LogP contribution < -0.4 is 10.1 Å². The molecule has 0 heterocycles. The van der Waals surface area contributed by atoms with Crippen molar-refractivity contribution in [3.63, 3.8) is 0 Å². The van der Waals surface area contributed by atoms with E-state index in [0.717, 1.165) is 11.1 Å². The second kappa shape index (κ2) is 8.67. The van der Waals surface area contributed by atoms with Gasteiger partial charge in [0.2, 0.25) is 0 Å². The number of nitrogens with one attached hydrogen (secondary N) is 1. The van der Waals surface area contributed by atoms with E-state index >= 15 is 0 Å². The van der Waals surface area contributed by atoms with Gasteiger partial charge in [-0.3, -0.25) is 4.79 Å². The first-order valence-electron chi connectivity index (χ1n) is 8.43. The van der Waals surface area contributed by atoms with E-state index in [-0.39, 0.29) is 6.61 Å². The minimum atomic E-state index is -0.583. The summed E-state index contributed by atoms with van der Waals surface area (Å²) in [6, 6.07) is 23.8. The van der Waals surface area contributed by atoms with E-state index in [0.29, 0.717) is 17.0 Å². The molecule has 27 heavy (non-hydrogen) atoms. The number of para-hydroxylation sites is 1. The van der Waals surface area contributed by atoms with Crippen molar-refractivity contribution >= 4 is 17.6 Å². The van der Waals surface area contributed by atoms with Gasteiger partial charge in [-0.25, -0.2) is 4.79 Å². The molecule has 3 aromatic rings. The number of anilines is 1. The normalized spacial score (nSPS) is 10.1. The molecule has 3 rings (SSSR count). The summed E-state index contributed by atoms with van der Waals surface area (Å²) in [4.78, 5) is 24.3. The molecule has 0 saturated carbocycles. The monoisotopic (exact) mass is 361 g/mol. The molecule has 5 heteroatoms. The number of esters is 1. The number of hydrogen-bond donors (Lipinski definition) is 1. The number of benzene rings is 3. The maximum absolute atomic E-state index is 12.2. The Morgan fingerprint density at radius 3 is 2.41 bits per heavy atom. The van der Waals surface area contributed by atoms with E-state index in [9.17, 15) is 9.59 Å². The van der Waals surface area contributed by atoms with Crippen molar-refractivity contribution in [2.75, 3.05) is 19.0 Å². The first kappa shape index (κ1) is 18.2. The molecule has 0 spiro atoms. The lowest BCUT2D eigenvalue weighted by Crippen LogP contribution is -2.21. The summed E-state index contributed by atoms with van der Waals surface area (Å²) in [6.07, 6.45) is 0. The summed E-state index contributed by atoms with van der Waals surface area (Å²) in [5.41, 5.74) is 2.87. The average Bonchev–Trinajstić information content (AvgIpc) is 2.73. The van der Waals surface area contributed by atoms with Crippen molar-refractivity contribution in [3.05, 3.63) is 84.4 Å². The molecule has 0 aliphatic heterocycles. The largest absolute Gasteiger partial charge is 0.497 e. The van der Waals surface area contributed by atoms with E-state index in [1.54, 1.807) is 24.3 Å². The van der Waals surface area contributed by atoms with Crippen LogP contribution in [0, 0.1) is 0 Å². The molecule has 0 aliphatic carbocycles. The van der Waals surface area contributed by atoms with Gasteiger partial charge >= 0.3 is 5.97 Å². The van der Waals surface area contributed by atoms with Gasteiger partial charge < -0.3 is 14.8 Å². The van der Waals surface area contributed by atoms with Crippen molar-refractivity contribution in [3.8, 4) is 16.9 Å². The number of carbonyl (C=O) groups is 2. The molecule has 1 amide bonds. The molecule has 0 saturated heterocycles. The van der Waals surface area contributed by atoms with Gasteiger partial charge in [-0.2, -0.15) is 0 Å². The number of hydrogen-bond acceptors (Lipinski definition) is 4. The SMILES string of the molecule is COc1cccc(C(=O)OCC(=O)Nc2ccccc2-c2ccccc2)c1. The minimum Gasteiger partial charge on any atom is -0.497 e. The van der Waals surface area contributed by atoms with Gasteiger partial charge in [-0.1, -0.05) is 54.6 Å². The van der Waals surface area contributed by atoms with Gasteiger partial charge in [0.15, 0.2) is 6.61 Å². The average molecular weight is 361 g/mol. The van der Waals surface area contributed by atoms with Crippen LogP contribution in [-0.2, 0) is 9.53 Å². The van der Waals surface area contributed by atoms with Crippen LogP contribution in [-0.4, -0.2) is 25.6 Å². The third-order valence-electron chi connectivity index (χ3n) is 3.93. The molecular formula is C22H19NO4. The first-order valence-corrected chi connectivity index (χ1v) is 8.43. The summed E-state index contributed by atoms with van der Waals surface area (Å²) >= 11 is 0. The van der Waals surface area contributed by atoms with Gasteiger partial charge in [-0.15, -0.1) is 0 Å². The van der Waals surface area contributed by atoms with Crippen molar-refractivity contribution in [1.82, 2.24) is 0 Å². The maximum Gasteiger partial charge on any atom is 0.338 e. The smallest absolute Gasteiger partial charge is 0.338 e. The first-order chi connectivity index (χ1) is 13.2.